The van der Waals surface area contributed by atoms with Crippen LogP contribution in [0.25, 0.3) is 10.9 Å². The molecule has 0 saturated carbocycles. The van der Waals surface area contributed by atoms with Crippen LogP contribution >= 0.6 is 0 Å². The monoisotopic (exact) mass is 361 g/mol. The molecule has 1 saturated heterocycles. The number of hydrogen-bond acceptors (Lipinski definition) is 4. The molecule has 2 aromatic carbocycles. The first-order valence-electron chi connectivity index (χ1n) is 9.78. The maximum Gasteiger partial charge on any atom is 0.119 e. The van der Waals surface area contributed by atoms with Crippen molar-refractivity contribution in [1.29, 1.82) is 0 Å². The predicted molar refractivity (Wildman–Crippen MR) is 112 cm³/mol. The predicted octanol–water partition coefficient (Wildman–Crippen LogP) is 4.26. The summed E-state index contributed by atoms with van der Waals surface area (Å²) < 4.78 is 5.53. The molecule has 3 aromatic rings. The van der Waals surface area contributed by atoms with Crippen LogP contribution in [0.3, 0.4) is 0 Å². The van der Waals surface area contributed by atoms with E-state index in [1.807, 2.05) is 6.92 Å². The van der Waals surface area contributed by atoms with Gasteiger partial charge in [-0.3, -0.25) is 9.88 Å². The molecule has 140 valence electrons. The first kappa shape index (κ1) is 17.8. The van der Waals surface area contributed by atoms with Crippen LogP contribution in [-0.4, -0.2) is 42.7 Å². The Morgan fingerprint density at radius 1 is 0.963 bits per heavy atom. The second kappa shape index (κ2) is 7.97. The van der Waals surface area contributed by atoms with Crippen molar-refractivity contribution in [2.24, 2.45) is 0 Å². The molecular formula is C23H27N3O. The maximum atomic E-state index is 5.53. The molecule has 0 N–H and O–H groups in total. The van der Waals surface area contributed by atoms with Crippen molar-refractivity contribution in [3.05, 3.63) is 65.9 Å². The van der Waals surface area contributed by atoms with Gasteiger partial charge in [0.25, 0.3) is 0 Å². The summed E-state index contributed by atoms with van der Waals surface area (Å²) in [5.41, 5.74) is 4.83. The van der Waals surface area contributed by atoms with Crippen LogP contribution in [0.1, 0.15) is 18.2 Å². The number of pyridine rings is 1. The van der Waals surface area contributed by atoms with Crippen LogP contribution in [0.5, 0.6) is 5.75 Å². The van der Waals surface area contributed by atoms with E-state index in [1.54, 1.807) is 0 Å². The first-order valence-corrected chi connectivity index (χ1v) is 9.78. The number of fused-ring (bicyclic) bond motifs is 1. The normalized spacial score (nSPS) is 15.3. The van der Waals surface area contributed by atoms with Gasteiger partial charge < -0.3 is 9.64 Å². The zero-order chi connectivity index (χ0) is 18.6. The minimum atomic E-state index is 0.713. The van der Waals surface area contributed by atoms with Crippen molar-refractivity contribution in [2.45, 2.75) is 20.4 Å². The second-order valence-corrected chi connectivity index (χ2v) is 7.14. The zero-order valence-electron chi connectivity index (χ0n) is 16.2. The van der Waals surface area contributed by atoms with Gasteiger partial charge in [0.1, 0.15) is 5.75 Å². The lowest BCUT2D eigenvalue weighted by atomic mass is 10.1. The fraction of sp³-hybridized carbons (Fsp3) is 0.348. The highest BCUT2D eigenvalue weighted by molar-refractivity contribution is 5.92. The number of ether oxygens (including phenoxy) is 1. The van der Waals surface area contributed by atoms with Crippen molar-refractivity contribution in [3.8, 4) is 5.75 Å². The third kappa shape index (κ3) is 4.06. The SMILES string of the molecule is CCOc1ccc(CN2CCN(c3cc(C)nc4ccccc34)CC2)cc1. The van der Waals surface area contributed by atoms with Crippen molar-refractivity contribution in [1.82, 2.24) is 9.88 Å². The molecule has 27 heavy (non-hydrogen) atoms. The van der Waals surface area contributed by atoms with Gasteiger partial charge in [0, 0.05) is 49.5 Å². The molecule has 0 atom stereocenters. The standard InChI is InChI=1S/C23H27N3O/c1-3-27-20-10-8-19(9-11-20)17-25-12-14-26(15-13-25)23-16-18(2)24-22-7-5-4-6-21(22)23/h4-11,16H,3,12-15,17H2,1-2H3. The minimum Gasteiger partial charge on any atom is -0.494 e. The van der Waals surface area contributed by atoms with Crippen LogP contribution in [-0.2, 0) is 6.54 Å². The fourth-order valence-electron chi connectivity index (χ4n) is 3.81. The van der Waals surface area contributed by atoms with E-state index in [4.69, 9.17) is 4.74 Å². The molecule has 0 spiro atoms. The Morgan fingerprint density at radius 2 is 1.70 bits per heavy atom. The molecule has 0 aliphatic carbocycles. The summed E-state index contributed by atoms with van der Waals surface area (Å²) in [6.07, 6.45) is 0. The van der Waals surface area contributed by atoms with Crippen molar-refractivity contribution < 1.29 is 4.74 Å². The number of aryl methyl sites for hydroxylation is 1. The molecule has 1 aliphatic rings. The number of rotatable bonds is 5. The second-order valence-electron chi connectivity index (χ2n) is 7.14. The van der Waals surface area contributed by atoms with E-state index < -0.39 is 0 Å². The first-order chi connectivity index (χ1) is 13.2. The number of hydrogen-bond donors (Lipinski definition) is 0. The summed E-state index contributed by atoms with van der Waals surface area (Å²) in [5.74, 6) is 0.950. The Morgan fingerprint density at radius 3 is 2.44 bits per heavy atom. The number of benzene rings is 2. The molecule has 0 radical (unpaired) electrons. The van der Waals surface area contributed by atoms with Gasteiger partial charge in [0.15, 0.2) is 0 Å². The summed E-state index contributed by atoms with van der Waals surface area (Å²) in [6, 6.07) is 19.2. The molecule has 0 bridgehead atoms. The summed E-state index contributed by atoms with van der Waals surface area (Å²) in [4.78, 5) is 9.71. The Hall–Kier alpha value is -2.59. The van der Waals surface area contributed by atoms with E-state index in [1.165, 1.54) is 16.6 Å². The lowest BCUT2D eigenvalue weighted by molar-refractivity contribution is 0.250. The largest absolute Gasteiger partial charge is 0.494 e. The van der Waals surface area contributed by atoms with Gasteiger partial charge in [0.2, 0.25) is 0 Å². The highest BCUT2D eigenvalue weighted by Gasteiger charge is 2.19. The highest BCUT2D eigenvalue weighted by atomic mass is 16.5. The van der Waals surface area contributed by atoms with Gasteiger partial charge in [-0.2, -0.15) is 0 Å². The lowest BCUT2D eigenvalue weighted by Gasteiger charge is -2.36. The van der Waals surface area contributed by atoms with Gasteiger partial charge in [-0.15, -0.1) is 0 Å². The smallest absolute Gasteiger partial charge is 0.119 e. The number of para-hydroxylation sites is 1. The van der Waals surface area contributed by atoms with Gasteiger partial charge in [-0.25, -0.2) is 0 Å². The fourth-order valence-corrected chi connectivity index (χ4v) is 3.81. The highest BCUT2D eigenvalue weighted by Crippen LogP contribution is 2.27. The van der Waals surface area contributed by atoms with E-state index >= 15 is 0 Å². The quantitative estimate of drug-likeness (QED) is 0.679. The third-order valence-electron chi connectivity index (χ3n) is 5.18. The average molecular weight is 361 g/mol. The number of piperazine rings is 1. The molecule has 0 amide bonds. The van der Waals surface area contributed by atoms with Crippen LogP contribution in [0, 0.1) is 6.92 Å². The van der Waals surface area contributed by atoms with Crippen molar-refractivity contribution >= 4 is 16.6 Å². The summed E-state index contributed by atoms with van der Waals surface area (Å²) >= 11 is 0. The van der Waals surface area contributed by atoms with Crippen LogP contribution in [0.4, 0.5) is 5.69 Å². The topological polar surface area (TPSA) is 28.6 Å². The van der Waals surface area contributed by atoms with E-state index in [2.05, 4.69) is 76.3 Å². The molecule has 1 aromatic heterocycles. The Kier molecular flexibility index (Phi) is 5.26. The molecule has 4 nitrogen and oxygen atoms in total. The van der Waals surface area contributed by atoms with Crippen molar-refractivity contribution in [2.75, 3.05) is 37.7 Å². The average Bonchev–Trinajstić information content (AvgIpc) is 2.70. The van der Waals surface area contributed by atoms with Crippen LogP contribution < -0.4 is 9.64 Å². The van der Waals surface area contributed by atoms with Gasteiger partial charge in [0.05, 0.1) is 12.1 Å². The molecule has 4 heteroatoms. The molecule has 4 rings (SSSR count). The molecule has 1 fully saturated rings. The van der Waals surface area contributed by atoms with E-state index in [-0.39, 0.29) is 0 Å². The van der Waals surface area contributed by atoms with E-state index in [0.29, 0.717) is 6.61 Å². The Labute approximate surface area is 161 Å². The number of anilines is 1. The number of aromatic nitrogens is 1. The van der Waals surface area contributed by atoms with Crippen LogP contribution in [0.2, 0.25) is 0 Å². The van der Waals surface area contributed by atoms with Gasteiger partial charge in [-0.1, -0.05) is 30.3 Å². The molecule has 2 heterocycles. The van der Waals surface area contributed by atoms with Crippen molar-refractivity contribution in [3.63, 3.8) is 0 Å². The van der Waals surface area contributed by atoms with E-state index in [0.717, 1.165) is 49.7 Å². The van der Waals surface area contributed by atoms with Gasteiger partial charge in [-0.05, 0) is 43.7 Å². The maximum absolute atomic E-state index is 5.53. The number of nitrogens with zero attached hydrogens (tertiary/aromatic N) is 3. The molecule has 0 unspecified atom stereocenters. The van der Waals surface area contributed by atoms with Gasteiger partial charge >= 0.3 is 0 Å². The van der Waals surface area contributed by atoms with Crippen LogP contribution in [0.15, 0.2) is 54.6 Å². The molecule has 1 aliphatic heterocycles. The lowest BCUT2D eigenvalue weighted by Crippen LogP contribution is -2.46. The Bertz CT molecular complexity index is 899. The third-order valence-corrected chi connectivity index (χ3v) is 5.18. The zero-order valence-corrected chi connectivity index (χ0v) is 16.2. The minimum absolute atomic E-state index is 0.713. The van der Waals surface area contributed by atoms with E-state index in [9.17, 15) is 0 Å². The summed E-state index contributed by atoms with van der Waals surface area (Å²) in [6.45, 7) is 10.0. The Balaban J connectivity index is 1.42. The summed E-state index contributed by atoms with van der Waals surface area (Å²) in [5, 5.41) is 1.25. The molecular weight excluding hydrogens is 334 g/mol. The summed E-state index contributed by atoms with van der Waals surface area (Å²) in [7, 11) is 0.